The van der Waals surface area contributed by atoms with Crippen LogP contribution in [0, 0.1) is 0 Å². The third-order valence-electron chi connectivity index (χ3n) is 2.39. The summed E-state index contributed by atoms with van der Waals surface area (Å²) < 4.78 is 6.24. The number of halogens is 1. The number of aryl methyl sites for hydroxylation is 1. The Bertz CT molecular complexity index is 467. The number of hydrogen-bond donors (Lipinski definition) is 1. The topological polar surface area (TPSA) is 51.0 Å². The molecule has 1 aromatic heterocycles. The second-order valence-corrected chi connectivity index (χ2v) is 4.64. The van der Waals surface area contributed by atoms with Crippen molar-refractivity contribution in [1.82, 2.24) is 15.5 Å². The zero-order valence-corrected chi connectivity index (χ0v) is 11.2. The molecule has 0 bridgehead atoms. The summed E-state index contributed by atoms with van der Waals surface area (Å²) in [5.74, 6) is 1.34. The summed E-state index contributed by atoms with van der Waals surface area (Å²) in [7, 11) is 1.93. The second-order valence-electron chi connectivity index (χ2n) is 3.73. The molecule has 90 valence electrons. The molecule has 0 aliphatic heterocycles. The lowest BCUT2D eigenvalue weighted by molar-refractivity contribution is 0.375. The lowest BCUT2D eigenvalue weighted by Crippen LogP contribution is -2.08. The Morgan fingerprint density at radius 1 is 1.29 bits per heavy atom. The molecule has 1 aromatic carbocycles. The lowest BCUT2D eigenvalue weighted by Gasteiger charge is -1.94. The monoisotopic (exact) mass is 295 g/mol. The van der Waals surface area contributed by atoms with E-state index in [1.165, 1.54) is 0 Å². The average Bonchev–Trinajstić information content (AvgIpc) is 2.79. The normalized spacial score (nSPS) is 10.7. The van der Waals surface area contributed by atoms with E-state index in [1.807, 2.05) is 31.3 Å². The summed E-state index contributed by atoms with van der Waals surface area (Å²) in [5.41, 5.74) is 0.969. The predicted molar refractivity (Wildman–Crippen MR) is 69.7 cm³/mol. The molecule has 2 aromatic rings. The first-order valence-corrected chi connectivity index (χ1v) is 6.32. The highest BCUT2D eigenvalue weighted by Crippen LogP contribution is 2.19. The van der Waals surface area contributed by atoms with Gasteiger partial charge in [0.2, 0.25) is 11.7 Å². The van der Waals surface area contributed by atoms with Crippen LogP contribution in [0.5, 0.6) is 0 Å². The number of hydrogen-bond acceptors (Lipinski definition) is 4. The molecule has 0 atom stereocenters. The Morgan fingerprint density at radius 3 is 2.76 bits per heavy atom. The number of nitrogens with one attached hydrogen (secondary N) is 1. The molecule has 0 saturated heterocycles. The van der Waals surface area contributed by atoms with E-state index in [0.717, 1.165) is 29.4 Å². The van der Waals surface area contributed by atoms with Crippen molar-refractivity contribution in [3.8, 4) is 11.4 Å². The molecule has 17 heavy (non-hydrogen) atoms. The van der Waals surface area contributed by atoms with E-state index in [9.17, 15) is 0 Å². The van der Waals surface area contributed by atoms with Gasteiger partial charge in [0.05, 0.1) is 0 Å². The summed E-state index contributed by atoms with van der Waals surface area (Å²) in [6.45, 7) is 0.954. The van der Waals surface area contributed by atoms with Gasteiger partial charge in [-0.2, -0.15) is 4.98 Å². The first-order valence-electron chi connectivity index (χ1n) is 5.52. The van der Waals surface area contributed by atoms with Crippen LogP contribution in [0.15, 0.2) is 33.3 Å². The van der Waals surface area contributed by atoms with E-state index in [2.05, 4.69) is 31.4 Å². The van der Waals surface area contributed by atoms with Gasteiger partial charge in [-0.15, -0.1) is 0 Å². The van der Waals surface area contributed by atoms with E-state index < -0.39 is 0 Å². The van der Waals surface area contributed by atoms with Gasteiger partial charge in [-0.3, -0.25) is 0 Å². The minimum absolute atomic E-state index is 0.650. The van der Waals surface area contributed by atoms with Crippen molar-refractivity contribution in [3.63, 3.8) is 0 Å². The molecule has 1 N–H and O–H groups in total. The highest BCUT2D eigenvalue weighted by molar-refractivity contribution is 9.10. The van der Waals surface area contributed by atoms with Crippen LogP contribution in [0.3, 0.4) is 0 Å². The van der Waals surface area contributed by atoms with Gasteiger partial charge in [-0.05, 0) is 44.3 Å². The fourth-order valence-corrected chi connectivity index (χ4v) is 1.75. The van der Waals surface area contributed by atoms with Crippen molar-refractivity contribution < 1.29 is 4.52 Å². The fourth-order valence-electron chi connectivity index (χ4n) is 1.49. The van der Waals surface area contributed by atoms with Gasteiger partial charge in [0.25, 0.3) is 0 Å². The van der Waals surface area contributed by atoms with Crippen LogP contribution in [-0.4, -0.2) is 23.7 Å². The van der Waals surface area contributed by atoms with Crippen LogP contribution in [0.25, 0.3) is 11.4 Å². The molecular weight excluding hydrogens is 282 g/mol. The van der Waals surface area contributed by atoms with Gasteiger partial charge in [-0.1, -0.05) is 21.1 Å². The van der Waals surface area contributed by atoms with E-state index in [1.54, 1.807) is 0 Å². The maximum atomic E-state index is 5.20. The van der Waals surface area contributed by atoms with E-state index in [-0.39, 0.29) is 0 Å². The SMILES string of the molecule is CNCCCc1nc(-c2ccc(Br)cc2)no1. The van der Waals surface area contributed by atoms with Crippen LogP contribution in [0.4, 0.5) is 0 Å². The Balaban J connectivity index is 2.04. The Labute approximate surface area is 109 Å². The molecular formula is C12H14BrN3O. The number of nitrogens with zero attached hydrogens (tertiary/aromatic N) is 2. The summed E-state index contributed by atoms with van der Waals surface area (Å²) in [4.78, 5) is 4.36. The first kappa shape index (κ1) is 12.3. The standard InChI is InChI=1S/C12H14BrN3O/c1-14-8-2-3-11-15-12(16-17-11)9-4-6-10(13)7-5-9/h4-7,14H,2-3,8H2,1H3. The maximum Gasteiger partial charge on any atom is 0.227 e. The van der Waals surface area contributed by atoms with Crippen LogP contribution >= 0.6 is 15.9 Å². The minimum atomic E-state index is 0.650. The lowest BCUT2D eigenvalue weighted by atomic mass is 10.2. The highest BCUT2D eigenvalue weighted by atomic mass is 79.9. The third kappa shape index (κ3) is 3.38. The Morgan fingerprint density at radius 2 is 2.06 bits per heavy atom. The van der Waals surface area contributed by atoms with Crippen molar-refractivity contribution in [2.45, 2.75) is 12.8 Å². The van der Waals surface area contributed by atoms with Gasteiger partial charge in [0.1, 0.15) is 0 Å². The van der Waals surface area contributed by atoms with Gasteiger partial charge < -0.3 is 9.84 Å². The van der Waals surface area contributed by atoms with Gasteiger partial charge in [0, 0.05) is 16.5 Å². The zero-order chi connectivity index (χ0) is 12.1. The highest BCUT2D eigenvalue weighted by Gasteiger charge is 2.07. The molecule has 4 nitrogen and oxygen atoms in total. The number of rotatable bonds is 5. The molecule has 0 fully saturated rings. The summed E-state index contributed by atoms with van der Waals surface area (Å²) >= 11 is 3.39. The molecule has 0 spiro atoms. The smallest absolute Gasteiger partial charge is 0.227 e. The molecule has 0 unspecified atom stereocenters. The minimum Gasteiger partial charge on any atom is -0.339 e. The fraction of sp³-hybridized carbons (Fsp3) is 0.333. The number of benzene rings is 1. The van der Waals surface area contributed by atoms with Gasteiger partial charge >= 0.3 is 0 Å². The van der Waals surface area contributed by atoms with Crippen molar-refractivity contribution in [2.75, 3.05) is 13.6 Å². The van der Waals surface area contributed by atoms with Crippen molar-refractivity contribution in [3.05, 3.63) is 34.6 Å². The molecule has 0 aliphatic rings. The van der Waals surface area contributed by atoms with Gasteiger partial charge in [0.15, 0.2) is 0 Å². The first-order chi connectivity index (χ1) is 8.29. The second kappa shape index (κ2) is 5.93. The van der Waals surface area contributed by atoms with Crippen molar-refractivity contribution in [1.29, 1.82) is 0 Å². The molecule has 5 heteroatoms. The van der Waals surface area contributed by atoms with Crippen LogP contribution in [-0.2, 0) is 6.42 Å². The summed E-state index contributed by atoms with van der Waals surface area (Å²) in [6.07, 6.45) is 1.81. The van der Waals surface area contributed by atoms with E-state index in [0.29, 0.717) is 11.7 Å². The van der Waals surface area contributed by atoms with Crippen LogP contribution < -0.4 is 5.32 Å². The largest absolute Gasteiger partial charge is 0.339 e. The molecule has 0 radical (unpaired) electrons. The molecule has 1 heterocycles. The number of aromatic nitrogens is 2. The quantitative estimate of drug-likeness (QED) is 0.862. The molecule has 0 saturated carbocycles. The third-order valence-corrected chi connectivity index (χ3v) is 2.92. The predicted octanol–water partition coefficient (Wildman–Crippen LogP) is 2.65. The maximum absolute atomic E-state index is 5.20. The van der Waals surface area contributed by atoms with Crippen LogP contribution in [0.1, 0.15) is 12.3 Å². The van der Waals surface area contributed by atoms with E-state index >= 15 is 0 Å². The summed E-state index contributed by atoms with van der Waals surface area (Å²) in [6, 6.07) is 7.86. The Kier molecular flexibility index (Phi) is 4.28. The zero-order valence-electron chi connectivity index (χ0n) is 9.61. The van der Waals surface area contributed by atoms with Crippen molar-refractivity contribution >= 4 is 15.9 Å². The van der Waals surface area contributed by atoms with Gasteiger partial charge in [-0.25, -0.2) is 0 Å². The molecule has 0 amide bonds. The Hall–Kier alpha value is -1.20. The van der Waals surface area contributed by atoms with Crippen LogP contribution in [0.2, 0.25) is 0 Å². The summed E-state index contributed by atoms with van der Waals surface area (Å²) in [5, 5.41) is 7.06. The molecule has 0 aliphatic carbocycles. The average molecular weight is 296 g/mol. The van der Waals surface area contributed by atoms with Crippen molar-refractivity contribution in [2.24, 2.45) is 0 Å². The van der Waals surface area contributed by atoms with E-state index in [4.69, 9.17) is 4.52 Å². The molecule has 2 rings (SSSR count).